The molecule has 0 aliphatic heterocycles. The van der Waals surface area contributed by atoms with Gasteiger partial charge in [-0.1, -0.05) is 0 Å². The van der Waals surface area contributed by atoms with Gasteiger partial charge in [-0.3, -0.25) is 4.79 Å². The number of carbonyl (C=O) groups is 1. The molecule has 4 heteroatoms. The van der Waals surface area contributed by atoms with Crippen molar-refractivity contribution in [2.24, 2.45) is 0 Å². The number of nitrogens with one attached hydrogen (secondary N) is 1. The van der Waals surface area contributed by atoms with E-state index in [-0.39, 0.29) is 5.91 Å². The minimum absolute atomic E-state index is 0.107. The normalized spacial score (nSPS) is 9.83. The van der Waals surface area contributed by atoms with Crippen LogP contribution in [0.1, 0.15) is 24.8 Å². The maximum Gasteiger partial charge on any atom is 0.226 e. The topological polar surface area (TPSA) is 56.1 Å². The second kappa shape index (κ2) is 7.46. The molecular formula is C14H19N3O. The molecule has 1 aromatic rings. The lowest BCUT2D eigenvalue weighted by Gasteiger charge is -2.17. The van der Waals surface area contributed by atoms with Crippen molar-refractivity contribution in [2.75, 3.05) is 25.5 Å². The van der Waals surface area contributed by atoms with Gasteiger partial charge in [0, 0.05) is 19.2 Å². The second-order valence-electron chi connectivity index (χ2n) is 4.17. The van der Waals surface area contributed by atoms with Crippen LogP contribution in [0.2, 0.25) is 0 Å². The van der Waals surface area contributed by atoms with Crippen LogP contribution >= 0.6 is 0 Å². The third-order valence-corrected chi connectivity index (χ3v) is 2.83. The maximum absolute atomic E-state index is 11.9. The number of hydrogen-bond donors (Lipinski definition) is 1. The molecule has 1 aromatic carbocycles. The monoisotopic (exact) mass is 245 g/mol. The first-order valence-electron chi connectivity index (χ1n) is 6.10. The van der Waals surface area contributed by atoms with Gasteiger partial charge in [-0.05, 0) is 50.7 Å². The zero-order valence-corrected chi connectivity index (χ0v) is 10.9. The predicted molar refractivity (Wildman–Crippen MR) is 72.3 cm³/mol. The fourth-order valence-corrected chi connectivity index (χ4v) is 1.65. The third kappa shape index (κ3) is 4.19. The van der Waals surface area contributed by atoms with Crippen molar-refractivity contribution in [2.45, 2.75) is 19.3 Å². The summed E-state index contributed by atoms with van der Waals surface area (Å²) in [4.78, 5) is 13.5. The van der Waals surface area contributed by atoms with Gasteiger partial charge >= 0.3 is 0 Å². The van der Waals surface area contributed by atoms with Gasteiger partial charge in [-0.2, -0.15) is 5.26 Å². The van der Waals surface area contributed by atoms with E-state index in [1.54, 1.807) is 36.2 Å². The highest BCUT2D eigenvalue weighted by Gasteiger charge is 2.10. The Morgan fingerprint density at radius 1 is 1.33 bits per heavy atom. The van der Waals surface area contributed by atoms with Crippen molar-refractivity contribution < 1.29 is 4.79 Å². The van der Waals surface area contributed by atoms with Crippen LogP contribution in [0.3, 0.4) is 0 Å². The van der Waals surface area contributed by atoms with Crippen LogP contribution in [-0.4, -0.2) is 26.5 Å². The predicted octanol–water partition coefficient (Wildman–Crippen LogP) is 1.91. The minimum atomic E-state index is 0.107. The van der Waals surface area contributed by atoms with E-state index in [0.29, 0.717) is 12.0 Å². The van der Waals surface area contributed by atoms with Gasteiger partial charge in [-0.15, -0.1) is 0 Å². The molecule has 0 aliphatic rings. The lowest BCUT2D eigenvalue weighted by Crippen LogP contribution is -2.26. The smallest absolute Gasteiger partial charge is 0.226 e. The molecule has 0 unspecified atom stereocenters. The van der Waals surface area contributed by atoms with Crippen molar-refractivity contribution in [3.63, 3.8) is 0 Å². The summed E-state index contributed by atoms with van der Waals surface area (Å²) in [6, 6.07) is 9.10. The number of unbranched alkanes of at least 4 members (excludes halogenated alkanes) is 1. The van der Waals surface area contributed by atoms with Crippen LogP contribution in [0.4, 0.5) is 5.69 Å². The Morgan fingerprint density at radius 2 is 2.00 bits per heavy atom. The summed E-state index contributed by atoms with van der Waals surface area (Å²) in [5, 5.41) is 11.8. The fourth-order valence-electron chi connectivity index (χ4n) is 1.65. The van der Waals surface area contributed by atoms with E-state index in [1.807, 2.05) is 7.05 Å². The summed E-state index contributed by atoms with van der Waals surface area (Å²) in [5.74, 6) is 0.107. The average molecular weight is 245 g/mol. The second-order valence-corrected chi connectivity index (χ2v) is 4.17. The molecule has 4 nitrogen and oxygen atoms in total. The first kappa shape index (κ1) is 14.2. The number of amides is 1. The summed E-state index contributed by atoms with van der Waals surface area (Å²) >= 11 is 0. The van der Waals surface area contributed by atoms with Crippen LogP contribution in [-0.2, 0) is 4.79 Å². The summed E-state index contributed by atoms with van der Waals surface area (Å²) in [6.45, 7) is 0.938. The van der Waals surface area contributed by atoms with Crippen LogP contribution in [0.5, 0.6) is 0 Å². The first-order chi connectivity index (χ1) is 8.69. The molecule has 0 bridgehead atoms. The van der Waals surface area contributed by atoms with Gasteiger partial charge in [-0.25, -0.2) is 0 Å². The number of rotatable bonds is 6. The lowest BCUT2D eigenvalue weighted by atomic mass is 10.2. The molecule has 1 N–H and O–H groups in total. The lowest BCUT2D eigenvalue weighted by molar-refractivity contribution is -0.118. The first-order valence-corrected chi connectivity index (χ1v) is 6.10. The zero-order valence-electron chi connectivity index (χ0n) is 10.9. The Bertz CT molecular complexity index is 420. The number of carbonyl (C=O) groups excluding carboxylic acids is 1. The van der Waals surface area contributed by atoms with Crippen LogP contribution in [0, 0.1) is 11.3 Å². The number of hydrogen-bond acceptors (Lipinski definition) is 3. The highest BCUT2D eigenvalue weighted by Crippen LogP contribution is 2.15. The van der Waals surface area contributed by atoms with Gasteiger partial charge in [0.15, 0.2) is 0 Å². The van der Waals surface area contributed by atoms with E-state index < -0.39 is 0 Å². The van der Waals surface area contributed by atoms with E-state index >= 15 is 0 Å². The molecular weight excluding hydrogens is 226 g/mol. The molecule has 0 aliphatic carbocycles. The zero-order chi connectivity index (χ0) is 13.4. The molecule has 0 radical (unpaired) electrons. The van der Waals surface area contributed by atoms with Gasteiger partial charge in [0.05, 0.1) is 11.6 Å². The summed E-state index contributed by atoms with van der Waals surface area (Å²) in [6.07, 6.45) is 2.45. The molecule has 0 aromatic heterocycles. The van der Waals surface area contributed by atoms with Crippen molar-refractivity contribution >= 4 is 11.6 Å². The molecule has 0 spiro atoms. The molecule has 0 heterocycles. The number of nitriles is 1. The summed E-state index contributed by atoms with van der Waals surface area (Å²) in [5.41, 5.74) is 1.43. The van der Waals surface area contributed by atoms with E-state index in [0.717, 1.165) is 25.1 Å². The highest BCUT2D eigenvalue weighted by molar-refractivity contribution is 5.92. The quantitative estimate of drug-likeness (QED) is 0.779. The average Bonchev–Trinajstić information content (AvgIpc) is 2.42. The maximum atomic E-state index is 11.9. The minimum Gasteiger partial charge on any atom is -0.320 e. The van der Waals surface area contributed by atoms with Crippen molar-refractivity contribution in [3.8, 4) is 6.07 Å². The summed E-state index contributed by atoms with van der Waals surface area (Å²) in [7, 11) is 3.67. The van der Waals surface area contributed by atoms with E-state index in [2.05, 4.69) is 11.4 Å². The third-order valence-electron chi connectivity index (χ3n) is 2.83. The molecule has 0 saturated heterocycles. The molecule has 0 saturated carbocycles. The summed E-state index contributed by atoms with van der Waals surface area (Å²) < 4.78 is 0. The van der Waals surface area contributed by atoms with Crippen molar-refractivity contribution in [1.82, 2.24) is 5.32 Å². The van der Waals surface area contributed by atoms with Crippen molar-refractivity contribution in [3.05, 3.63) is 29.8 Å². The van der Waals surface area contributed by atoms with Gasteiger partial charge in [0.2, 0.25) is 5.91 Å². The molecule has 1 amide bonds. The van der Waals surface area contributed by atoms with Crippen LogP contribution < -0.4 is 10.2 Å². The Kier molecular flexibility index (Phi) is 5.89. The van der Waals surface area contributed by atoms with Crippen LogP contribution in [0.15, 0.2) is 24.3 Å². The van der Waals surface area contributed by atoms with E-state index in [4.69, 9.17) is 5.26 Å². The molecule has 1 rings (SSSR count). The highest BCUT2D eigenvalue weighted by atomic mass is 16.2. The van der Waals surface area contributed by atoms with Gasteiger partial charge < -0.3 is 10.2 Å². The molecule has 96 valence electrons. The fraction of sp³-hybridized carbons (Fsp3) is 0.429. The largest absolute Gasteiger partial charge is 0.320 e. The van der Waals surface area contributed by atoms with Crippen molar-refractivity contribution in [1.29, 1.82) is 5.26 Å². The van der Waals surface area contributed by atoms with Gasteiger partial charge in [0.1, 0.15) is 0 Å². The standard InChI is InChI=1S/C14H19N3O/c1-16-10-4-3-5-14(18)17(2)13-8-6-12(11-15)7-9-13/h6-9,16H,3-5,10H2,1-2H3. The Labute approximate surface area is 108 Å². The molecule has 0 fully saturated rings. The number of anilines is 1. The number of benzene rings is 1. The van der Waals surface area contributed by atoms with Crippen LogP contribution in [0.25, 0.3) is 0 Å². The van der Waals surface area contributed by atoms with E-state index in [1.165, 1.54) is 0 Å². The Balaban J connectivity index is 2.49. The van der Waals surface area contributed by atoms with Gasteiger partial charge in [0.25, 0.3) is 0 Å². The molecule has 0 atom stereocenters. The molecule has 18 heavy (non-hydrogen) atoms. The Hall–Kier alpha value is -1.86. The SMILES string of the molecule is CNCCCCC(=O)N(C)c1ccc(C#N)cc1. The Morgan fingerprint density at radius 3 is 2.56 bits per heavy atom. The number of nitrogens with zero attached hydrogens (tertiary/aromatic N) is 2. The van der Waals surface area contributed by atoms with E-state index in [9.17, 15) is 4.79 Å².